The Bertz CT molecular complexity index is 7810. The summed E-state index contributed by atoms with van der Waals surface area (Å²) < 4.78 is 13.5. The molecule has 0 fully saturated rings. The second kappa shape index (κ2) is 35.3. The summed E-state index contributed by atoms with van der Waals surface area (Å²) in [4.78, 5) is 118. The van der Waals surface area contributed by atoms with Crippen LogP contribution in [0, 0.1) is 0 Å². The number of amidine groups is 1. The number of carbonyl (C=O) groups is 2. The molecule has 0 saturated carbocycles. The number of nitrogens with zero attached hydrogens (tertiary/aromatic N) is 15. The van der Waals surface area contributed by atoms with E-state index in [-0.39, 0.29) is 60.4 Å². The normalized spacial score (nSPS) is 13.4. The number of fused-ring (bicyclic) bond motifs is 15. The Labute approximate surface area is 754 Å². The minimum absolute atomic E-state index is 0.0209. The van der Waals surface area contributed by atoms with Crippen LogP contribution >= 0.6 is 22.7 Å². The number of oxazole rings is 1. The molecule has 3 aliphatic rings. The van der Waals surface area contributed by atoms with Gasteiger partial charge < -0.3 is 4.42 Å². The SMILES string of the molecule is O=C1C2=NC(c3cccnc3)=NC2c2ccccc2N1c1ccccc1.O=C1c2sc(-c3cccnc3)nc2-c2ccccc2C1c1ccccc1.O=c1c2[se]c(-c3cccnc3)nc2c2ccccc2n1-c1ccccc1.O=c1c2oc(-c3cccnc3)nc2c2ccccc2n1-c1ccccc1.O=c1c2sc(-c3cccnc3)nc2c2ccccc2n1-c1ccccc1. The Kier molecular flexibility index (Phi) is 21.8. The van der Waals surface area contributed by atoms with Crippen LogP contribution in [0.15, 0.2) is 424 Å². The first-order chi connectivity index (χ1) is 64.1. The molecule has 0 saturated heterocycles. The zero-order valence-electron chi connectivity index (χ0n) is 68.6. The molecule has 1 aliphatic carbocycles. The topological polar surface area (TPSA) is 257 Å². The second-order valence-electron chi connectivity index (χ2n) is 30.2. The van der Waals surface area contributed by atoms with Crippen LogP contribution < -0.4 is 21.6 Å². The molecule has 2 unspecified atom stereocenters. The van der Waals surface area contributed by atoms with Gasteiger partial charge in [0.15, 0.2) is 11.6 Å². The largest absolute Gasteiger partial charge is 0.430 e. The number of aromatic nitrogens is 12. The number of hydrogen-bond donors (Lipinski definition) is 0. The summed E-state index contributed by atoms with van der Waals surface area (Å²) in [5.41, 5.74) is 18.6. The van der Waals surface area contributed by atoms with E-state index in [9.17, 15) is 24.0 Å². The van der Waals surface area contributed by atoms with Crippen molar-refractivity contribution in [3.63, 3.8) is 0 Å². The molecule has 0 N–H and O–H groups in total. The van der Waals surface area contributed by atoms with Crippen LogP contribution in [0.25, 0.3) is 135 Å². The fraction of sp³-hybridized carbons (Fsp3) is 0.0189. The van der Waals surface area contributed by atoms with Gasteiger partial charge >= 0.3 is 161 Å². The van der Waals surface area contributed by atoms with Crippen molar-refractivity contribution in [1.29, 1.82) is 0 Å². The van der Waals surface area contributed by atoms with Gasteiger partial charge in [-0.3, -0.25) is 58.1 Å². The van der Waals surface area contributed by atoms with Gasteiger partial charge in [-0.2, -0.15) is 0 Å². The van der Waals surface area contributed by atoms with Crippen molar-refractivity contribution in [3.05, 3.63) is 454 Å². The molecule has 14 heterocycles. The maximum absolute atomic E-state index is 13.4. The maximum atomic E-state index is 13.4. The zero-order chi connectivity index (χ0) is 87.5. The monoisotopic (exact) mass is 1790 g/mol. The molecule has 0 radical (unpaired) electrons. The van der Waals surface area contributed by atoms with E-state index < -0.39 is 0 Å². The molecule has 25 rings (SSSR count). The average molecular weight is 1790 g/mol. The molecule has 0 bridgehead atoms. The Hall–Kier alpha value is -16.8. The van der Waals surface area contributed by atoms with E-state index in [1.54, 1.807) is 74.4 Å². The molecule has 0 spiro atoms. The Morgan fingerprint density at radius 1 is 0.362 bits per heavy atom. The minimum atomic E-state index is -0.367. The van der Waals surface area contributed by atoms with Crippen LogP contribution in [0.1, 0.15) is 43.9 Å². The molecule has 22 aromatic rings. The van der Waals surface area contributed by atoms with Gasteiger partial charge in [-0.05, 0) is 114 Å². The van der Waals surface area contributed by atoms with Crippen molar-refractivity contribution in [2.45, 2.75) is 12.0 Å². The van der Waals surface area contributed by atoms with E-state index in [0.29, 0.717) is 27.7 Å². The number of benzene rings is 10. The van der Waals surface area contributed by atoms with Gasteiger partial charge in [0.1, 0.15) is 32.0 Å². The maximum Gasteiger partial charge on any atom is 0.300 e. The predicted molar refractivity (Wildman–Crippen MR) is 516 cm³/mol. The van der Waals surface area contributed by atoms with Crippen molar-refractivity contribution < 1.29 is 14.0 Å². The van der Waals surface area contributed by atoms with Crippen LogP contribution in [-0.4, -0.2) is 96.3 Å². The predicted octanol–water partition coefficient (Wildman–Crippen LogP) is 21.4. The fourth-order valence-electron chi connectivity index (χ4n) is 16.4. The molecule has 1 amide bonds. The molecular weight excluding hydrogens is 1720 g/mol. The summed E-state index contributed by atoms with van der Waals surface area (Å²) >= 11 is 2.73. The molecule has 10 aromatic carbocycles. The number of aliphatic imine (C=N–C) groups is 2. The van der Waals surface area contributed by atoms with Crippen LogP contribution in [0.5, 0.6) is 0 Å². The van der Waals surface area contributed by atoms with Crippen LogP contribution in [-0.2, 0) is 4.79 Å². The number of Topliss-reactive ketones (excluding diaryl/α,β-unsaturated/α-hetero) is 1. The summed E-state index contributed by atoms with van der Waals surface area (Å²) in [7, 11) is 0. The van der Waals surface area contributed by atoms with E-state index in [0.717, 1.165) is 152 Å². The van der Waals surface area contributed by atoms with E-state index in [1.807, 2.05) is 334 Å². The number of amides is 1. The number of anilines is 2. The van der Waals surface area contributed by atoms with E-state index >= 15 is 0 Å². The first kappa shape index (κ1) is 80.4. The zero-order valence-corrected chi connectivity index (χ0v) is 71.9. The van der Waals surface area contributed by atoms with Crippen molar-refractivity contribution >= 4 is 136 Å². The van der Waals surface area contributed by atoms with Crippen molar-refractivity contribution in [2.24, 2.45) is 9.98 Å². The number of thiazole rings is 2. The van der Waals surface area contributed by atoms with Gasteiger partial charge in [0.25, 0.3) is 11.5 Å². The van der Waals surface area contributed by atoms with Crippen molar-refractivity contribution in [3.8, 4) is 71.0 Å². The Balaban J connectivity index is 0.0000000983. The van der Waals surface area contributed by atoms with Gasteiger partial charge in [0, 0.05) is 105 Å². The summed E-state index contributed by atoms with van der Waals surface area (Å²) in [6.45, 7) is 0. The summed E-state index contributed by atoms with van der Waals surface area (Å²) in [6.07, 6.45) is 17.4. The van der Waals surface area contributed by atoms with Crippen LogP contribution in [0.2, 0.25) is 0 Å². The number of pyridine rings is 8. The van der Waals surface area contributed by atoms with Gasteiger partial charge in [-0.15, -0.1) is 22.7 Å². The first-order valence-electron chi connectivity index (χ1n) is 41.5. The van der Waals surface area contributed by atoms with Gasteiger partial charge in [-0.1, -0.05) is 164 Å². The number of carbonyl (C=O) groups excluding carboxylic acids is 2. The number of rotatable bonds is 10. The molecule has 2 aliphatic heterocycles. The van der Waals surface area contributed by atoms with Crippen molar-refractivity contribution in [2.75, 3.05) is 4.90 Å². The number of ketones is 1. The summed E-state index contributed by atoms with van der Waals surface area (Å²) in [6, 6.07) is 107. The molecule has 21 nitrogen and oxygen atoms in total. The Morgan fingerprint density at radius 2 is 0.815 bits per heavy atom. The van der Waals surface area contributed by atoms with E-state index in [4.69, 9.17) is 24.4 Å². The van der Waals surface area contributed by atoms with Crippen molar-refractivity contribution in [1.82, 2.24) is 58.6 Å². The summed E-state index contributed by atoms with van der Waals surface area (Å²) in [5, 5.41) is 4.48. The standard InChI is InChI=1S/C22H14N2OS.C21H14N4O.C21H13N3O2.C21H13N3OS.C21H13N3OSe/c25-20-18(14-7-2-1-3-8-14)16-10-4-5-11-17(16)19-21(20)26-22(24-19)15-9-6-12-23-13-15;26-21-19-18(23-20(24-19)14-7-6-12-22-13-14)16-10-4-5-11-17(16)25(21)15-8-2-1-3-9-15;3*25-21-19-18(23-20(26-19)14-7-6-12-22-13-14)16-10-4-5-11-17(16)24(21)15-8-2-1-3-9-15/h2*1-13,18H;3*1-13H. The Morgan fingerprint density at radius 3 is 1.38 bits per heavy atom. The third-order valence-corrected chi connectivity index (χ3v) is 26.8. The first-order valence-corrected chi connectivity index (χ1v) is 44.8. The van der Waals surface area contributed by atoms with E-state index in [1.165, 1.54) is 22.7 Å². The average Bonchev–Trinajstić information content (AvgIpc) is 1.57. The van der Waals surface area contributed by atoms with Gasteiger partial charge in [-0.25, -0.2) is 19.9 Å². The van der Waals surface area contributed by atoms with E-state index in [2.05, 4.69) is 41.0 Å². The van der Waals surface area contributed by atoms with Crippen LogP contribution in [0.4, 0.5) is 11.4 Å². The number of hydrogen-bond acceptors (Lipinski definition) is 19. The molecule has 130 heavy (non-hydrogen) atoms. The molecule has 620 valence electrons. The molecule has 2 atom stereocenters. The van der Waals surface area contributed by atoms with Crippen LogP contribution in [0.3, 0.4) is 0 Å². The molecule has 24 heteroatoms. The third kappa shape index (κ3) is 15.2. The van der Waals surface area contributed by atoms with Gasteiger partial charge in [0.05, 0.1) is 44.3 Å². The smallest absolute Gasteiger partial charge is 0.300 e. The second-order valence-corrected chi connectivity index (χ2v) is 34.3. The molecule has 12 aromatic heterocycles. The fourth-order valence-corrected chi connectivity index (χ4v) is 20.5. The number of para-hydroxylation sites is 8. The molecular formula is C106H67N15O6S2Se. The minimum Gasteiger partial charge on any atom is -0.430 e. The third-order valence-electron chi connectivity index (χ3n) is 22.3. The summed E-state index contributed by atoms with van der Waals surface area (Å²) in [5.74, 6) is 0.652. The quantitative estimate of drug-likeness (QED) is 0.115. The van der Waals surface area contributed by atoms with Gasteiger partial charge in [0.2, 0.25) is 11.5 Å².